The number of phenols is 1. The SMILES string of the molecule is CCCc1cc(C(C)(C)C)c(O)c2c1[C@@H](C)[C@@]1(C)C(=C(O)[C@@]3(O)C(=O)C(C(C)=O)=C(O)C(C(C)C)[C@@]3(C)[C@@H]1CC(=O)CC)C2=O. The molecule has 246 valence electrons. The fourth-order valence-corrected chi connectivity index (χ4v) is 9.23. The van der Waals surface area contributed by atoms with E-state index in [4.69, 9.17) is 0 Å². The van der Waals surface area contributed by atoms with Crippen molar-refractivity contribution in [2.75, 3.05) is 0 Å². The Morgan fingerprint density at radius 1 is 1.04 bits per heavy atom. The average Bonchev–Trinajstić information content (AvgIpc) is 2.92. The van der Waals surface area contributed by atoms with Crippen molar-refractivity contribution in [2.24, 2.45) is 28.6 Å². The first kappa shape index (κ1) is 34.6. The lowest BCUT2D eigenvalue weighted by Gasteiger charge is -2.65. The summed E-state index contributed by atoms with van der Waals surface area (Å²) in [6, 6.07) is 1.95. The zero-order chi connectivity index (χ0) is 34.4. The van der Waals surface area contributed by atoms with Crippen LogP contribution in [0, 0.1) is 28.6 Å². The molecule has 3 aliphatic rings. The molecule has 8 nitrogen and oxygen atoms in total. The average molecular weight is 623 g/mol. The minimum atomic E-state index is -2.81. The molecule has 0 aliphatic heterocycles. The largest absolute Gasteiger partial charge is 0.511 e. The third-order valence-corrected chi connectivity index (χ3v) is 11.5. The van der Waals surface area contributed by atoms with Gasteiger partial charge in [0, 0.05) is 40.7 Å². The quantitative estimate of drug-likeness (QED) is 0.244. The van der Waals surface area contributed by atoms with Gasteiger partial charge in [-0.2, -0.15) is 0 Å². The summed E-state index contributed by atoms with van der Waals surface area (Å²) in [7, 11) is 0. The first-order valence-corrected chi connectivity index (χ1v) is 16.2. The van der Waals surface area contributed by atoms with Crippen molar-refractivity contribution in [2.45, 2.75) is 119 Å². The van der Waals surface area contributed by atoms with E-state index in [1.54, 1.807) is 34.6 Å². The molecule has 4 rings (SSSR count). The van der Waals surface area contributed by atoms with Crippen molar-refractivity contribution in [1.29, 1.82) is 0 Å². The van der Waals surface area contributed by atoms with Crippen LogP contribution in [0.25, 0.3) is 0 Å². The van der Waals surface area contributed by atoms with E-state index in [0.29, 0.717) is 17.5 Å². The number of aliphatic hydroxyl groups excluding tert-OH is 2. The Balaban J connectivity index is 2.27. The van der Waals surface area contributed by atoms with Crippen molar-refractivity contribution in [3.8, 4) is 5.75 Å². The minimum Gasteiger partial charge on any atom is -0.511 e. The maximum absolute atomic E-state index is 14.9. The van der Waals surface area contributed by atoms with Gasteiger partial charge in [-0.25, -0.2) is 0 Å². The maximum Gasteiger partial charge on any atom is 0.209 e. The van der Waals surface area contributed by atoms with Crippen LogP contribution in [0.3, 0.4) is 0 Å². The van der Waals surface area contributed by atoms with Crippen LogP contribution >= 0.6 is 0 Å². The molecule has 1 unspecified atom stereocenters. The van der Waals surface area contributed by atoms with Crippen LogP contribution in [-0.2, 0) is 26.2 Å². The number of Topliss-reactive ketones (excluding diaryl/α,β-unsaturated/α-hetero) is 4. The molecule has 0 aromatic heterocycles. The third-order valence-electron chi connectivity index (χ3n) is 11.5. The van der Waals surface area contributed by atoms with Gasteiger partial charge < -0.3 is 20.4 Å². The van der Waals surface area contributed by atoms with Crippen molar-refractivity contribution in [3.05, 3.63) is 51.0 Å². The Hall–Kier alpha value is -3.26. The Bertz CT molecular complexity index is 1570. The van der Waals surface area contributed by atoms with Crippen molar-refractivity contribution >= 4 is 23.1 Å². The molecule has 45 heavy (non-hydrogen) atoms. The van der Waals surface area contributed by atoms with E-state index in [0.717, 1.165) is 18.9 Å². The van der Waals surface area contributed by atoms with Gasteiger partial charge in [0.1, 0.15) is 28.6 Å². The molecule has 4 N–H and O–H groups in total. The molecule has 0 saturated carbocycles. The minimum absolute atomic E-state index is 0.0269. The molecule has 0 bridgehead atoms. The van der Waals surface area contributed by atoms with E-state index in [1.165, 1.54) is 0 Å². The molecular weight excluding hydrogens is 572 g/mol. The summed E-state index contributed by atoms with van der Waals surface area (Å²) < 4.78 is 0. The molecule has 0 radical (unpaired) electrons. The summed E-state index contributed by atoms with van der Waals surface area (Å²) in [4.78, 5) is 55.4. The zero-order valence-electron chi connectivity index (χ0n) is 28.6. The van der Waals surface area contributed by atoms with Gasteiger partial charge in [0.15, 0.2) is 17.2 Å². The third kappa shape index (κ3) is 4.34. The van der Waals surface area contributed by atoms with Crippen LogP contribution in [-0.4, -0.2) is 49.2 Å². The molecule has 8 heteroatoms. The second kappa shape index (κ2) is 10.9. The van der Waals surface area contributed by atoms with Gasteiger partial charge in [-0.3, -0.25) is 19.2 Å². The predicted molar refractivity (Wildman–Crippen MR) is 171 cm³/mol. The standard InChI is InChI=1S/C37H50O8/c1-12-14-20-15-22(34(7,8)9)29(40)26-24(20)18(5)35(10)23(16-21(39)13-2)36(11)27(17(3)4)30(41)25(19(6)38)32(43)37(36,45)33(44)28(35)31(26)42/h15,17-18,23,27,40-41,44-45H,12-14,16H2,1-11H3/t18-,23-,27?,35-,36-,37+/m1/s1. The van der Waals surface area contributed by atoms with E-state index in [1.807, 2.05) is 40.7 Å². The van der Waals surface area contributed by atoms with Crippen LogP contribution < -0.4 is 0 Å². The summed E-state index contributed by atoms with van der Waals surface area (Å²) in [6.45, 7) is 19.5. The Morgan fingerprint density at radius 2 is 1.62 bits per heavy atom. The first-order chi connectivity index (χ1) is 20.6. The number of carbonyl (C=O) groups is 4. The van der Waals surface area contributed by atoms with E-state index in [-0.39, 0.29) is 35.5 Å². The molecular formula is C37H50O8. The topological polar surface area (TPSA) is 149 Å². The molecule has 6 atom stereocenters. The number of aromatic hydroxyl groups is 1. The van der Waals surface area contributed by atoms with Gasteiger partial charge in [-0.05, 0) is 47.6 Å². The zero-order valence-corrected chi connectivity index (χ0v) is 28.6. The van der Waals surface area contributed by atoms with Crippen LogP contribution in [0.4, 0.5) is 0 Å². The highest BCUT2D eigenvalue weighted by Crippen LogP contribution is 2.71. The fourth-order valence-electron chi connectivity index (χ4n) is 9.23. The Labute approximate surface area is 266 Å². The van der Waals surface area contributed by atoms with Crippen molar-refractivity contribution in [1.82, 2.24) is 0 Å². The number of fused-ring (bicyclic) bond motifs is 3. The lowest BCUT2D eigenvalue weighted by atomic mass is 9.38. The maximum atomic E-state index is 14.9. The molecule has 0 spiro atoms. The number of benzene rings is 1. The highest BCUT2D eigenvalue weighted by molar-refractivity contribution is 6.25. The second-order valence-electron chi connectivity index (χ2n) is 15.3. The number of allylic oxidation sites excluding steroid dienone is 2. The molecule has 0 fully saturated rings. The monoisotopic (exact) mass is 622 g/mol. The smallest absolute Gasteiger partial charge is 0.209 e. The summed E-state index contributed by atoms with van der Waals surface area (Å²) >= 11 is 0. The number of hydrogen-bond acceptors (Lipinski definition) is 8. The molecule has 0 heterocycles. The van der Waals surface area contributed by atoms with Gasteiger partial charge in [0.25, 0.3) is 0 Å². The highest BCUT2D eigenvalue weighted by atomic mass is 16.4. The Morgan fingerprint density at radius 3 is 2.09 bits per heavy atom. The first-order valence-electron chi connectivity index (χ1n) is 16.2. The highest BCUT2D eigenvalue weighted by Gasteiger charge is 2.75. The number of ketones is 4. The van der Waals surface area contributed by atoms with Crippen molar-refractivity contribution in [3.63, 3.8) is 0 Å². The molecule has 0 saturated heterocycles. The van der Waals surface area contributed by atoms with E-state index >= 15 is 0 Å². The predicted octanol–water partition coefficient (Wildman–Crippen LogP) is 6.75. The van der Waals surface area contributed by atoms with Gasteiger partial charge in [0.05, 0.1) is 5.56 Å². The summed E-state index contributed by atoms with van der Waals surface area (Å²) in [5.41, 5.74) is -5.14. The summed E-state index contributed by atoms with van der Waals surface area (Å²) in [5, 5.41) is 48.3. The van der Waals surface area contributed by atoms with E-state index < -0.39 is 80.0 Å². The number of rotatable bonds is 7. The van der Waals surface area contributed by atoms with Crippen LogP contribution in [0.15, 0.2) is 28.7 Å². The lowest BCUT2D eigenvalue weighted by Crippen LogP contribution is -2.71. The number of phenolic OH excluding ortho intramolecular Hbond substituents is 1. The van der Waals surface area contributed by atoms with Gasteiger partial charge in [-0.15, -0.1) is 0 Å². The second-order valence-corrected chi connectivity index (χ2v) is 15.3. The van der Waals surface area contributed by atoms with Crippen LogP contribution in [0.1, 0.15) is 128 Å². The fraction of sp³-hybridized carbons (Fsp3) is 0.622. The lowest BCUT2D eigenvalue weighted by molar-refractivity contribution is -0.193. The molecule has 3 aliphatic carbocycles. The van der Waals surface area contributed by atoms with E-state index in [9.17, 15) is 39.6 Å². The summed E-state index contributed by atoms with van der Waals surface area (Å²) in [6.07, 6.45) is 1.38. The number of hydrogen-bond donors (Lipinski definition) is 4. The number of aryl methyl sites for hydroxylation is 1. The Kier molecular flexibility index (Phi) is 8.40. The molecule has 0 amide bonds. The van der Waals surface area contributed by atoms with Gasteiger partial charge >= 0.3 is 0 Å². The van der Waals surface area contributed by atoms with Crippen LogP contribution in [0.5, 0.6) is 5.75 Å². The molecule has 1 aromatic rings. The van der Waals surface area contributed by atoms with Crippen molar-refractivity contribution < 1.29 is 39.6 Å². The summed E-state index contributed by atoms with van der Waals surface area (Å²) in [5.74, 6) is -7.41. The normalized spacial score (nSPS) is 31.6. The van der Waals surface area contributed by atoms with Gasteiger partial charge in [-0.1, -0.05) is 81.7 Å². The molecule has 1 aromatic carbocycles. The number of aliphatic hydroxyl groups is 3. The number of carbonyl (C=O) groups excluding carboxylic acids is 4. The van der Waals surface area contributed by atoms with Crippen LogP contribution in [0.2, 0.25) is 0 Å². The van der Waals surface area contributed by atoms with Gasteiger partial charge in [0.2, 0.25) is 5.78 Å². The van der Waals surface area contributed by atoms with E-state index in [2.05, 4.69) is 0 Å².